The number of aryl methyl sites for hydroxylation is 1. The molecule has 0 N–H and O–H groups in total. The second kappa shape index (κ2) is 5.96. The number of rotatable bonds is 4. The van der Waals surface area contributed by atoms with E-state index < -0.39 is 5.51 Å². The van der Waals surface area contributed by atoms with Crippen LogP contribution < -0.4 is 0 Å². The van der Waals surface area contributed by atoms with Gasteiger partial charge in [-0.15, -0.1) is 0 Å². The summed E-state index contributed by atoms with van der Waals surface area (Å²) in [5, 5.41) is 0.864. The highest BCUT2D eigenvalue weighted by Gasteiger charge is 2.30. The quantitative estimate of drug-likeness (QED) is 0.561. The molecule has 0 aliphatic heterocycles. The zero-order valence-corrected chi connectivity index (χ0v) is 11.2. The van der Waals surface area contributed by atoms with Gasteiger partial charge in [-0.05, 0) is 48.7 Å². The second-order valence-electron chi connectivity index (χ2n) is 3.38. The molecule has 0 aromatic heterocycles. The molecule has 0 bridgehead atoms. The maximum absolute atomic E-state index is 12.3. The van der Waals surface area contributed by atoms with E-state index in [1.165, 1.54) is 6.07 Å². The van der Waals surface area contributed by atoms with E-state index in [1.54, 1.807) is 13.0 Å². The van der Waals surface area contributed by atoms with Crippen molar-refractivity contribution >= 4 is 27.7 Å². The second-order valence-corrected chi connectivity index (χ2v) is 5.28. The molecular formula is C11H12BrF3S. The van der Waals surface area contributed by atoms with Crippen molar-refractivity contribution in [2.45, 2.75) is 30.2 Å². The zero-order chi connectivity index (χ0) is 12.2. The molecule has 90 valence electrons. The molecule has 16 heavy (non-hydrogen) atoms. The number of hydrogen-bond acceptors (Lipinski definition) is 1. The van der Waals surface area contributed by atoms with E-state index >= 15 is 0 Å². The van der Waals surface area contributed by atoms with Crippen LogP contribution >= 0.6 is 27.7 Å². The van der Waals surface area contributed by atoms with Gasteiger partial charge in [-0.1, -0.05) is 28.1 Å². The van der Waals surface area contributed by atoms with E-state index in [0.717, 1.165) is 29.3 Å². The van der Waals surface area contributed by atoms with Gasteiger partial charge in [0.1, 0.15) is 0 Å². The van der Waals surface area contributed by atoms with Gasteiger partial charge in [-0.25, -0.2) is 0 Å². The molecule has 1 aromatic carbocycles. The standard InChI is InChI=1S/C11H12BrF3S/c1-8-9(5-3-7-12)4-2-6-10(8)16-11(13,14)15/h2,4,6H,3,5,7H2,1H3. The topological polar surface area (TPSA) is 0 Å². The average Bonchev–Trinajstić information content (AvgIpc) is 2.17. The SMILES string of the molecule is Cc1c(CCCBr)cccc1SC(F)(F)F. The lowest BCUT2D eigenvalue weighted by Crippen LogP contribution is -2.01. The van der Waals surface area contributed by atoms with E-state index in [1.807, 2.05) is 6.07 Å². The number of halogens is 4. The smallest absolute Gasteiger partial charge is 0.160 e. The van der Waals surface area contributed by atoms with Gasteiger partial charge in [0, 0.05) is 10.2 Å². The zero-order valence-electron chi connectivity index (χ0n) is 8.77. The van der Waals surface area contributed by atoms with Gasteiger partial charge in [0.2, 0.25) is 0 Å². The lowest BCUT2D eigenvalue weighted by Gasteiger charge is -2.12. The largest absolute Gasteiger partial charge is 0.446 e. The predicted molar refractivity (Wildman–Crippen MR) is 65.2 cm³/mol. The van der Waals surface area contributed by atoms with E-state index in [2.05, 4.69) is 15.9 Å². The monoisotopic (exact) mass is 312 g/mol. The Labute approximate surface area is 106 Å². The van der Waals surface area contributed by atoms with Crippen LogP contribution in [0.15, 0.2) is 23.1 Å². The third kappa shape index (κ3) is 4.37. The van der Waals surface area contributed by atoms with Crippen molar-refractivity contribution in [3.05, 3.63) is 29.3 Å². The molecule has 0 saturated heterocycles. The van der Waals surface area contributed by atoms with Crippen LogP contribution in [0.3, 0.4) is 0 Å². The van der Waals surface area contributed by atoms with Crippen molar-refractivity contribution < 1.29 is 13.2 Å². The fourth-order valence-corrected chi connectivity index (χ4v) is 2.38. The highest BCUT2D eigenvalue weighted by molar-refractivity contribution is 9.09. The van der Waals surface area contributed by atoms with Gasteiger partial charge in [0.15, 0.2) is 0 Å². The van der Waals surface area contributed by atoms with Gasteiger partial charge < -0.3 is 0 Å². The summed E-state index contributed by atoms with van der Waals surface area (Å²) in [5.74, 6) is 0. The molecule has 1 aromatic rings. The van der Waals surface area contributed by atoms with Crippen molar-refractivity contribution in [3.8, 4) is 0 Å². The molecule has 0 fully saturated rings. The fraction of sp³-hybridized carbons (Fsp3) is 0.455. The van der Waals surface area contributed by atoms with Gasteiger partial charge in [0.25, 0.3) is 0 Å². The Balaban J connectivity index is 2.86. The van der Waals surface area contributed by atoms with Crippen molar-refractivity contribution in [3.63, 3.8) is 0 Å². The summed E-state index contributed by atoms with van der Waals surface area (Å²) in [6.07, 6.45) is 1.74. The lowest BCUT2D eigenvalue weighted by molar-refractivity contribution is -0.0328. The lowest BCUT2D eigenvalue weighted by atomic mass is 10.0. The van der Waals surface area contributed by atoms with E-state index in [0.29, 0.717) is 4.90 Å². The fourth-order valence-electron chi connectivity index (χ4n) is 1.42. The summed E-state index contributed by atoms with van der Waals surface area (Å²) in [4.78, 5) is 0.305. The number of benzene rings is 1. The Kier molecular flexibility index (Phi) is 5.18. The van der Waals surface area contributed by atoms with Gasteiger partial charge in [-0.3, -0.25) is 0 Å². The molecule has 0 radical (unpaired) electrons. The van der Waals surface area contributed by atoms with Crippen molar-refractivity contribution in [2.75, 3.05) is 5.33 Å². The van der Waals surface area contributed by atoms with Crippen LogP contribution in [-0.4, -0.2) is 10.8 Å². The minimum Gasteiger partial charge on any atom is -0.160 e. The minimum atomic E-state index is -4.21. The van der Waals surface area contributed by atoms with E-state index in [9.17, 15) is 13.2 Å². The first-order chi connectivity index (χ1) is 7.44. The number of hydrogen-bond donors (Lipinski definition) is 0. The minimum absolute atomic E-state index is 0.0367. The Morgan fingerprint density at radius 3 is 2.56 bits per heavy atom. The Morgan fingerprint density at radius 1 is 1.31 bits per heavy atom. The third-order valence-electron chi connectivity index (χ3n) is 2.20. The first-order valence-corrected chi connectivity index (χ1v) is 6.78. The molecule has 1 rings (SSSR count). The molecule has 0 aliphatic carbocycles. The van der Waals surface area contributed by atoms with Crippen LogP contribution in [0.5, 0.6) is 0 Å². The van der Waals surface area contributed by atoms with Crippen LogP contribution in [0.25, 0.3) is 0 Å². The molecule has 0 amide bonds. The molecule has 0 atom stereocenters. The molecule has 0 spiro atoms. The van der Waals surface area contributed by atoms with Gasteiger partial charge in [-0.2, -0.15) is 13.2 Å². The molecule has 0 heterocycles. The van der Waals surface area contributed by atoms with Crippen molar-refractivity contribution in [1.82, 2.24) is 0 Å². The molecule has 0 nitrogen and oxygen atoms in total. The van der Waals surface area contributed by atoms with Crippen molar-refractivity contribution in [1.29, 1.82) is 0 Å². The van der Waals surface area contributed by atoms with Crippen LogP contribution in [-0.2, 0) is 6.42 Å². The molecule has 5 heteroatoms. The van der Waals surface area contributed by atoms with Gasteiger partial charge >= 0.3 is 5.51 Å². The highest BCUT2D eigenvalue weighted by atomic mass is 79.9. The summed E-state index contributed by atoms with van der Waals surface area (Å²) in [6, 6.07) is 5.09. The van der Waals surface area contributed by atoms with E-state index in [4.69, 9.17) is 0 Å². The first kappa shape index (κ1) is 13.9. The average molecular weight is 313 g/mol. The summed E-state index contributed by atoms with van der Waals surface area (Å²) in [7, 11) is 0. The Bertz CT molecular complexity index is 350. The van der Waals surface area contributed by atoms with Crippen LogP contribution in [0.4, 0.5) is 13.2 Å². The summed E-state index contributed by atoms with van der Waals surface area (Å²) in [6.45, 7) is 1.75. The van der Waals surface area contributed by atoms with E-state index in [-0.39, 0.29) is 11.8 Å². The normalized spacial score (nSPS) is 11.8. The molecule has 0 aliphatic rings. The molecule has 0 saturated carbocycles. The summed E-state index contributed by atoms with van der Waals surface area (Å²) < 4.78 is 36.8. The van der Waals surface area contributed by atoms with Crippen LogP contribution in [0.2, 0.25) is 0 Å². The third-order valence-corrected chi connectivity index (χ3v) is 3.66. The number of thioether (sulfide) groups is 1. The highest BCUT2D eigenvalue weighted by Crippen LogP contribution is 2.39. The van der Waals surface area contributed by atoms with Crippen LogP contribution in [0, 0.1) is 6.92 Å². The predicted octanol–water partition coefficient (Wildman–Crippen LogP) is 4.93. The van der Waals surface area contributed by atoms with Crippen LogP contribution in [0.1, 0.15) is 17.5 Å². The molecule has 0 unspecified atom stereocenters. The maximum atomic E-state index is 12.3. The Hall–Kier alpha value is -0.160. The van der Waals surface area contributed by atoms with Gasteiger partial charge in [0.05, 0.1) is 0 Å². The maximum Gasteiger partial charge on any atom is 0.446 e. The number of alkyl halides is 4. The molecular weight excluding hydrogens is 301 g/mol. The summed E-state index contributed by atoms with van der Waals surface area (Å²) >= 11 is 3.28. The van der Waals surface area contributed by atoms with Crippen molar-refractivity contribution in [2.24, 2.45) is 0 Å². The summed E-state index contributed by atoms with van der Waals surface area (Å²) in [5.41, 5.74) is -2.47. The Morgan fingerprint density at radius 2 is 2.00 bits per heavy atom. The first-order valence-electron chi connectivity index (χ1n) is 4.84.